The lowest BCUT2D eigenvalue weighted by Crippen LogP contribution is -2.32. The molecule has 0 amide bonds. The molecule has 6 heteroatoms. The zero-order valence-electron chi connectivity index (χ0n) is 14.2. The Morgan fingerprint density at radius 2 is 1.83 bits per heavy atom. The first-order chi connectivity index (χ1) is 11.7. The Morgan fingerprint density at radius 1 is 1.12 bits per heavy atom. The van der Waals surface area contributed by atoms with E-state index in [4.69, 9.17) is 9.47 Å². The van der Waals surface area contributed by atoms with Gasteiger partial charge in [0.15, 0.2) is 0 Å². The van der Waals surface area contributed by atoms with Crippen LogP contribution in [0, 0.1) is 0 Å². The maximum absolute atomic E-state index is 12.6. The van der Waals surface area contributed by atoms with Gasteiger partial charge in [-0.05, 0) is 30.5 Å². The van der Waals surface area contributed by atoms with Gasteiger partial charge in [0.25, 0.3) is 5.56 Å². The van der Waals surface area contributed by atoms with Crippen LogP contribution in [0.25, 0.3) is 0 Å². The maximum atomic E-state index is 12.6. The van der Waals surface area contributed by atoms with Crippen molar-refractivity contribution in [2.45, 2.75) is 26.0 Å². The van der Waals surface area contributed by atoms with Gasteiger partial charge in [0.1, 0.15) is 5.75 Å². The van der Waals surface area contributed by atoms with Crippen LogP contribution in [-0.4, -0.2) is 36.9 Å². The van der Waals surface area contributed by atoms with Gasteiger partial charge in [-0.15, -0.1) is 0 Å². The van der Waals surface area contributed by atoms with Crippen LogP contribution in [0.1, 0.15) is 24.1 Å². The molecule has 2 aromatic rings. The Morgan fingerprint density at radius 3 is 2.46 bits per heavy atom. The van der Waals surface area contributed by atoms with E-state index in [0.29, 0.717) is 18.8 Å². The molecule has 3 rings (SSSR count). The average Bonchev–Trinajstić information content (AvgIpc) is 3.12. The molecule has 1 aliphatic heterocycles. The van der Waals surface area contributed by atoms with Gasteiger partial charge in [-0.25, -0.2) is 4.98 Å². The van der Waals surface area contributed by atoms with Gasteiger partial charge in [-0.1, -0.05) is 12.1 Å². The normalized spacial score (nSPS) is 14.2. The molecular formula is C18H23N3O3. The molecule has 0 spiro atoms. The van der Waals surface area contributed by atoms with E-state index in [1.165, 1.54) is 0 Å². The van der Waals surface area contributed by atoms with Gasteiger partial charge in [-0.2, -0.15) is 0 Å². The van der Waals surface area contributed by atoms with Crippen molar-refractivity contribution in [1.82, 2.24) is 9.55 Å². The number of methoxy groups -OCH3 is 2. The standard InChI is InChI=1S/C18H23N3O3/c1-23-13-15-11-17(22)21(18(19-15)20-9-3-4-10-20)12-14-5-7-16(24-2)8-6-14/h5-8,11H,3-4,9-10,12-13H2,1-2H3. The summed E-state index contributed by atoms with van der Waals surface area (Å²) >= 11 is 0. The van der Waals surface area contributed by atoms with Gasteiger partial charge in [-0.3, -0.25) is 9.36 Å². The summed E-state index contributed by atoms with van der Waals surface area (Å²) in [5, 5.41) is 0. The second-order valence-corrected chi connectivity index (χ2v) is 5.95. The van der Waals surface area contributed by atoms with Crippen molar-refractivity contribution in [2.24, 2.45) is 0 Å². The number of rotatable bonds is 6. The predicted octanol–water partition coefficient (Wildman–Crippen LogP) is 2.05. The third kappa shape index (κ3) is 3.59. The molecule has 2 heterocycles. The molecule has 128 valence electrons. The molecule has 1 saturated heterocycles. The van der Waals surface area contributed by atoms with Crippen LogP contribution < -0.4 is 15.2 Å². The first-order valence-corrected chi connectivity index (χ1v) is 8.19. The van der Waals surface area contributed by atoms with E-state index in [9.17, 15) is 4.79 Å². The van der Waals surface area contributed by atoms with Crippen LogP contribution in [0.3, 0.4) is 0 Å². The topological polar surface area (TPSA) is 56.6 Å². The molecule has 0 N–H and O–H groups in total. The van der Waals surface area contributed by atoms with E-state index < -0.39 is 0 Å². The van der Waals surface area contributed by atoms with Crippen LogP contribution in [0.4, 0.5) is 5.95 Å². The van der Waals surface area contributed by atoms with Gasteiger partial charge >= 0.3 is 0 Å². The van der Waals surface area contributed by atoms with Gasteiger partial charge in [0, 0.05) is 26.3 Å². The molecule has 1 aliphatic rings. The number of nitrogens with zero attached hydrogens (tertiary/aromatic N) is 3. The Labute approximate surface area is 141 Å². The Balaban J connectivity index is 1.96. The number of ether oxygens (including phenoxy) is 2. The molecule has 0 radical (unpaired) electrons. The Hall–Kier alpha value is -2.34. The van der Waals surface area contributed by atoms with Crippen molar-refractivity contribution < 1.29 is 9.47 Å². The molecule has 0 unspecified atom stereocenters. The smallest absolute Gasteiger partial charge is 0.255 e. The van der Waals surface area contributed by atoms with Crippen molar-refractivity contribution in [3.63, 3.8) is 0 Å². The second-order valence-electron chi connectivity index (χ2n) is 5.95. The quantitative estimate of drug-likeness (QED) is 0.812. The van der Waals surface area contributed by atoms with Crippen LogP contribution >= 0.6 is 0 Å². The monoisotopic (exact) mass is 329 g/mol. The van der Waals surface area contributed by atoms with E-state index in [0.717, 1.165) is 43.2 Å². The molecule has 1 aromatic carbocycles. The molecule has 0 bridgehead atoms. The van der Waals surface area contributed by atoms with E-state index in [1.54, 1.807) is 24.9 Å². The van der Waals surface area contributed by atoms with Crippen LogP contribution in [0.15, 0.2) is 35.1 Å². The summed E-state index contributed by atoms with van der Waals surface area (Å²) in [7, 11) is 3.25. The van der Waals surface area contributed by atoms with E-state index in [1.807, 2.05) is 24.3 Å². The first-order valence-electron chi connectivity index (χ1n) is 8.19. The SMILES string of the molecule is COCc1cc(=O)n(Cc2ccc(OC)cc2)c(N2CCCC2)n1. The second kappa shape index (κ2) is 7.49. The summed E-state index contributed by atoms with van der Waals surface area (Å²) in [6.07, 6.45) is 2.26. The number of benzene rings is 1. The lowest BCUT2D eigenvalue weighted by Gasteiger charge is -2.22. The largest absolute Gasteiger partial charge is 0.497 e. The molecule has 24 heavy (non-hydrogen) atoms. The lowest BCUT2D eigenvalue weighted by molar-refractivity contribution is 0.181. The Kier molecular flexibility index (Phi) is 5.15. The molecule has 1 aromatic heterocycles. The number of hydrogen-bond donors (Lipinski definition) is 0. The summed E-state index contributed by atoms with van der Waals surface area (Å²) in [5.41, 5.74) is 1.67. The van der Waals surface area contributed by atoms with Crippen molar-refractivity contribution in [3.8, 4) is 5.75 Å². The highest BCUT2D eigenvalue weighted by Gasteiger charge is 2.19. The molecule has 0 atom stereocenters. The van der Waals surface area contributed by atoms with E-state index >= 15 is 0 Å². The van der Waals surface area contributed by atoms with Crippen molar-refractivity contribution in [2.75, 3.05) is 32.2 Å². The zero-order chi connectivity index (χ0) is 16.9. The third-order valence-corrected chi connectivity index (χ3v) is 4.22. The van der Waals surface area contributed by atoms with Gasteiger partial charge < -0.3 is 14.4 Å². The summed E-state index contributed by atoms with van der Waals surface area (Å²) < 4.78 is 12.1. The van der Waals surface area contributed by atoms with Gasteiger partial charge in [0.05, 0.1) is 26.0 Å². The van der Waals surface area contributed by atoms with E-state index in [2.05, 4.69) is 9.88 Å². The minimum atomic E-state index is -0.0465. The zero-order valence-corrected chi connectivity index (χ0v) is 14.2. The fourth-order valence-corrected chi connectivity index (χ4v) is 2.98. The summed E-state index contributed by atoms with van der Waals surface area (Å²) in [6.45, 7) is 2.71. The maximum Gasteiger partial charge on any atom is 0.255 e. The summed E-state index contributed by atoms with van der Waals surface area (Å²) in [4.78, 5) is 19.5. The van der Waals surface area contributed by atoms with Gasteiger partial charge in [0.2, 0.25) is 5.95 Å². The minimum Gasteiger partial charge on any atom is -0.497 e. The van der Waals surface area contributed by atoms with E-state index in [-0.39, 0.29) is 5.56 Å². The number of aromatic nitrogens is 2. The summed E-state index contributed by atoms with van der Waals surface area (Å²) in [6, 6.07) is 9.32. The average molecular weight is 329 g/mol. The van der Waals surface area contributed by atoms with Crippen LogP contribution in [-0.2, 0) is 17.9 Å². The summed E-state index contributed by atoms with van der Waals surface area (Å²) in [5.74, 6) is 1.54. The highest BCUT2D eigenvalue weighted by molar-refractivity contribution is 5.35. The third-order valence-electron chi connectivity index (χ3n) is 4.22. The molecule has 0 aliphatic carbocycles. The highest BCUT2D eigenvalue weighted by Crippen LogP contribution is 2.19. The highest BCUT2D eigenvalue weighted by atomic mass is 16.5. The Bertz CT molecular complexity index is 734. The number of hydrogen-bond acceptors (Lipinski definition) is 5. The molecule has 0 saturated carbocycles. The first kappa shape index (κ1) is 16.5. The van der Waals surface area contributed by atoms with Crippen LogP contribution in [0.2, 0.25) is 0 Å². The minimum absolute atomic E-state index is 0.0465. The lowest BCUT2D eigenvalue weighted by atomic mass is 10.2. The molecule has 6 nitrogen and oxygen atoms in total. The van der Waals surface area contributed by atoms with Crippen molar-refractivity contribution >= 4 is 5.95 Å². The van der Waals surface area contributed by atoms with Crippen LogP contribution in [0.5, 0.6) is 5.75 Å². The molecular weight excluding hydrogens is 306 g/mol. The fraction of sp³-hybridized carbons (Fsp3) is 0.444. The molecule has 1 fully saturated rings. The van der Waals surface area contributed by atoms with Crippen molar-refractivity contribution in [1.29, 1.82) is 0 Å². The van der Waals surface area contributed by atoms with Crippen molar-refractivity contribution in [3.05, 3.63) is 51.9 Å². The fourth-order valence-electron chi connectivity index (χ4n) is 2.98. The predicted molar refractivity (Wildman–Crippen MR) is 92.8 cm³/mol. The number of anilines is 1.